The van der Waals surface area contributed by atoms with E-state index in [9.17, 15) is 14.4 Å². The molecule has 2 amide bonds. The third-order valence-electron chi connectivity index (χ3n) is 5.28. The van der Waals surface area contributed by atoms with Gasteiger partial charge in [-0.1, -0.05) is 25.1 Å². The van der Waals surface area contributed by atoms with Crippen molar-refractivity contribution in [2.45, 2.75) is 25.7 Å². The van der Waals surface area contributed by atoms with Crippen molar-refractivity contribution in [3.8, 4) is 5.75 Å². The van der Waals surface area contributed by atoms with Crippen LogP contribution in [-0.2, 0) is 16.0 Å². The van der Waals surface area contributed by atoms with Gasteiger partial charge in [0.05, 0.1) is 18.6 Å². The number of fused-ring (bicyclic) bond motifs is 1. The molecule has 0 aliphatic carbocycles. The van der Waals surface area contributed by atoms with Crippen molar-refractivity contribution in [1.29, 1.82) is 0 Å². The van der Waals surface area contributed by atoms with Gasteiger partial charge in [0.1, 0.15) is 11.6 Å². The molecule has 9 nitrogen and oxygen atoms in total. The van der Waals surface area contributed by atoms with E-state index in [1.807, 2.05) is 25.1 Å². The van der Waals surface area contributed by atoms with Crippen molar-refractivity contribution in [2.24, 2.45) is 0 Å². The van der Waals surface area contributed by atoms with Crippen LogP contribution in [0.4, 0.5) is 23.1 Å². The summed E-state index contributed by atoms with van der Waals surface area (Å²) in [7, 11) is 1.57. The van der Waals surface area contributed by atoms with Gasteiger partial charge in [0.15, 0.2) is 0 Å². The van der Waals surface area contributed by atoms with Crippen molar-refractivity contribution < 1.29 is 14.3 Å². The van der Waals surface area contributed by atoms with E-state index in [4.69, 9.17) is 4.74 Å². The van der Waals surface area contributed by atoms with Crippen molar-refractivity contribution in [3.05, 3.63) is 70.0 Å². The summed E-state index contributed by atoms with van der Waals surface area (Å²) in [5.74, 6) is -0.843. The fourth-order valence-electron chi connectivity index (χ4n) is 3.64. The standard InChI is InChI=1S/C23H23N5O4/c1-3-13-6-4-5-7-17(13)25-21(30)16-12-18(29)26-20-19(16)22(31)28-23(27-20)24-14-8-10-15(32-2)11-9-14/h4-11,16H,3,12H2,1-2H3,(H,25,30)(H3,24,26,27,28,29,31). The number of amides is 2. The largest absolute Gasteiger partial charge is 0.497 e. The molecule has 0 saturated heterocycles. The molecule has 3 aromatic rings. The molecule has 2 aromatic carbocycles. The van der Waals surface area contributed by atoms with Crippen LogP contribution in [0.3, 0.4) is 0 Å². The number of benzene rings is 2. The number of rotatable bonds is 6. The predicted molar refractivity (Wildman–Crippen MR) is 122 cm³/mol. The number of aryl methyl sites for hydroxylation is 1. The van der Waals surface area contributed by atoms with Gasteiger partial charge in [-0.2, -0.15) is 4.98 Å². The Kier molecular flexibility index (Phi) is 5.89. The molecule has 0 saturated carbocycles. The lowest BCUT2D eigenvalue weighted by Crippen LogP contribution is -2.36. The minimum Gasteiger partial charge on any atom is -0.497 e. The second kappa shape index (κ2) is 8.93. The maximum atomic E-state index is 13.0. The Hall–Kier alpha value is -4.14. The van der Waals surface area contributed by atoms with Crippen molar-refractivity contribution in [3.63, 3.8) is 0 Å². The van der Waals surface area contributed by atoms with Crippen LogP contribution in [0.15, 0.2) is 53.3 Å². The molecule has 9 heteroatoms. The van der Waals surface area contributed by atoms with E-state index in [0.717, 1.165) is 12.0 Å². The first-order valence-electron chi connectivity index (χ1n) is 10.2. The van der Waals surface area contributed by atoms with E-state index in [1.165, 1.54) is 0 Å². The van der Waals surface area contributed by atoms with Gasteiger partial charge < -0.3 is 20.7 Å². The molecule has 4 rings (SSSR count). The number of carbonyl (C=O) groups is 2. The first-order valence-corrected chi connectivity index (χ1v) is 10.2. The van der Waals surface area contributed by atoms with E-state index in [0.29, 0.717) is 17.1 Å². The molecular weight excluding hydrogens is 410 g/mol. The first-order chi connectivity index (χ1) is 15.5. The Labute approximate surface area is 184 Å². The maximum Gasteiger partial charge on any atom is 0.258 e. The summed E-state index contributed by atoms with van der Waals surface area (Å²) in [6.07, 6.45) is 0.601. The van der Waals surface area contributed by atoms with Gasteiger partial charge in [0.25, 0.3) is 5.56 Å². The Morgan fingerprint density at radius 1 is 1.16 bits per heavy atom. The molecule has 0 bridgehead atoms. The summed E-state index contributed by atoms with van der Waals surface area (Å²) in [5, 5.41) is 8.45. The average Bonchev–Trinajstić information content (AvgIpc) is 2.79. The van der Waals surface area contributed by atoms with Crippen LogP contribution >= 0.6 is 0 Å². The van der Waals surface area contributed by atoms with Crippen molar-refractivity contribution >= 4 is 35.0 Å². The highest BCUT2D eigenvalue weighted by molar-refractivity contribution is 6.04. The van der Waals surface area contributed by atoms with Gasteiger partial charge in [0.2, 0.25) is 17.8 Å². The number of nitrogens with zero attached hydrogens (tertiary/aromatic N) is 1. The number of carbonyl (C=O) groups excluding carboxylic acids is 2. The number of hydrogen-bond acceptors (Lipinski definition) is 6. The molecule has 0 fully saturated rings. The number of anilines is 4. The second-order valence-electron chi connectivity index (χ2n) is 7.34. The third kappa shape index (κ3) is 4.31. The summed E-state index contributed by atoms with van der Waals surface area (Å²) < 4.78 is 5.13. The van der Waals surface area contributed by atoms with Crippen LogP contribution in [0, 0.1) is 0 Å². The van der Waals surface area contributed by atoms with Crippen LogP contribution < -0.4 is 26.2 Å². The van der Waals surface area contributed by atoms with Gasteiger partial charge in [-0.25, -0.2) is 0 Å². The monoisotopic (exact) mass is 433 g/mol. The Balaban J connectivity index is 1.62. The topological polar surface area (TPSA) is 125 Å². The number of hydrogen-bond donors (Lipinski definition) is 4. The van der Waals surface area contributed by atoms with Crippen molar-refractivity contribution in [1.82, 2.24) is 9.97 Å². The molecule has 1 aliphatic rings. The molecule has 1 aliphatic heterocycles. The zero-order chi connectivity index (χ0) is 22.7. The summed E-state index contributed by atoms with van der Waals surface area (Å²) in [5.41, 5.74) is 1.94. The molecule has 2 heterocycles. The minimum absolute atomic E-state index is 0.0740. The van der Waals surface area contributed by atoms with E-state index >= 15 is 0 Å². The fourth-order valence-corrected chi connectivity index (χ4v) is 3.64. The molecule has 1 unspecified atom stereocenters. The molecule has 0 spiro atoms. The lowest BCUT2D eigenvalue weighted by atomic mass is 9.92. The van der Waals surface area contributed by atoms with Gasteiger partial charge in [-0.3, -0.25) is 19.4 Å². The number of methoxy groups -OCH3 is 1. The molecule has 1 atom stereocenters. The van der Waals surface area contributed by atoms with E-state index in [1.54, 1.807) is 37.4 Å². The zero-order valence-electron chi connectivity index (χ0n) is 17.7. The number of aromatic amines is 1. The van der Waals surface area contributed by atoms with Crippen LogP contribution in [0.1, 0.15) is 30.4 Å². The maximum absolute atomic E-state index is 13.0. The summed E-state index contributed by atoms with van der Waals surface area (Å²) in [6.45, 7) is 1.99. The SMILES string of the molecule is CCc1ccccc1NC(=O)C1CC(=O)Nc2nc(Nc3ccc(OC)cc3)[nH]c(=O)c21. The summed E-state index contributed by atoms with van der Waals surface area (Å²) in [4.78, 5) is 45.2. The number of ether oxygens (including phenoxy) is 1. The van der Waals surface area contributed by atoms with Gasteiger partial charge in [-0.05, 0) is 42.3 Å². The summed E-state index contributed by atoms with van der Waals surface area (Å²) in [6, 6.07) is 14.5. The van der Waals surface area contributed by atoms with Gasteiger partial charge in [-0.15, -0.1) is 0 Å². The molecule has 0 radical (unpaired) electrons. The zero-order valence-corrected chi connectivity index (χ0v) is 17.7. The Bertz CT molecular complexity index is 1220. The molecule has 32 heavy (non-hydrogen) atoms. The normalized spacial score (nSPS) is 14.8. The third-order valence-corrected chi connectivity index (χ3v) is 5.28. The van der Waals surface area contributed by atoms with Gasteiger partial charge >= 0.3 is 0 Å². The highest BCUT2D eigenvalue weighted by atomic mass is 16.5. The highest BCUT2D eigenvalue weighted by Gasteiger charge is 2.35. The molecule has 1 aromatic heterocycles. The van der Waals surface area contributed by atoms with E-state index in [-0.39, 0.29) is 29.7 Å². The summed E-state index contributed by atoms with van der Waals surface area (Å²) >= 11 is 0. The molecular formula is C23H23N5O4. The van der Waals surface area contributed by atoms with Crippen LogP contribution in [-0.4, -0.2) is 28.9 Å². The number of para-hydroxylation sites is 1. The second-order valence-corrected chi connectivity index (χ2v) is 7.34. The quantitative estimate of drug-likeness (QED) is 0.473. The lowest BCUT2D eigenvalue weighted by Gasteiger charge is -2.24. The van der Waals surface area contributed by atoms with E-state index < -0.39 is 17.4 Å². The minimum atomic E-state index is -0.949. The van der Waals surface area contributed by atoms with E-state index in [2.05, 4.69) is 25.9 Å². The fraction of sp³-hybridized carbons (Fsp3) is 0.217. The van der Waals surface area contributed by atoms with Crippen molar-refractivity contribution in [2.75, 3.05) is 23.1 Å². The van der Waals surface area contributed by atoms with Crippen LogP contribution in [0.25, 0.3) is 0 Å². The highest BCUT2D eigenvalue weighted by Crippen LogP contribution is 2.30. The number of aromatic nitrogens is 2. The molecule has 164 valence electrons. The van der Waals surface area contributed by atoms with Crippen LogP contribution in [0.5, 0.6) is 5.75 Å². The Morgan fingerprint density at radius 2 is 1.91 bits per heavy atom. The smallest absolute Gasteiger partial charge is 0.258 e. The van der Waals surface area contributed by atoms with Gasteiger partial charge in [0, 0.05) is 17.8 Å². The average molecular weight is 433 g/mol. The number of H-pyrrole nitrogens is 1. The molecule has 4 N–H and O–H groups in total. The lowest BCUT2D eigenvalue weighted by molar-refractivity contribution is -0.123. The van der Waals surface area contributed by atoms with Crippen LogP contribution in [0.2, 0.25) is 0 Å². The number of nitrogens with one attached hydrogen (secondary N) is 4. The predicted octanol–water partition coefficient (Wildman–Crippen LogP) is 3.15. The first kappa shape index (κ1) is 21.1. The Morgan fingerprint density at radius 3 is 2.62 bits per heavy atom.